The van der Waals surface area contributed by atoms with E-state index in [4.69, 9.17) is 0 Å². The van der Waals surface area contributed by atoms with Gasteiger partial charge in [0.2, 0.25) is 0 Å². The van der Waals surface area contributed by atoms with Crippen molar-refractivity contribution in [3.05, 3.63) is 29.7 Å². The van der Waals surface area contributed by atoms with Gasteiger partial charge in [-0.05, 0) is 12.8 Å². The second-order valence-electron chi connectivity index (χ2n) is 3.51. The van der Waals surface area contributed by atoms with Crippen molar-refractivity contribution in [2.75, 3.05) is 0 Å². The number of hydrogen-bond donors (Lipinski definition) is 0. The van der Waals surface area contributed by atoms with Crippen LogP contribution < -0.4 is 0 Å². The van der Waals surface area contributed by atoms with Crippen molar-refractivity contribution in [1.29, 1.82) is 0 Å². The van der Waals surface area contributed by atoms with Gasteiger partial charge in [0.1, 0.15) is 0 Å². The van der Waals surface area contributed by atoms with E-state index in [0.29, 0.717) is 6.42 Å². The van der Waals surface area contributed by atoms with Crippen molar-refractivity contribution >= 4 is 11.4 Å². The normalized spacial score (nSPS) is 15.9. The number of carbonyl (C=O) groups is 1. The highest BCUT2D eigenvalue weighted by Gasteiger charge is 2.19. The fourth-order valence-electron chi connectivity index (χ4n) is 1.87. The number of Topliss-reactive ketones (excluding diaryl/α,β-unsaturated/α-hetero) is 1. The van der Waals surface area contributed by atoms with E-state index in [0.717, 1.165) is 29.7 Å². The Morgan fingerprint density at radius 1 is 1.36 bits per heavy atom. The molecule has 0 amide bonds. The summed E-state index contributed by atoms with van der Waals surface area (Å²) in [5, 5.41) is 4.06. The lowest BCUT2D eigenvalue weighted by Gasteiger charge is -2.12. The van der Waals surface area contributed by atoms with Gasteiger partial charge < -0.3 is 0 Å². The van der Waals surface area contributed by atoms with Crippen LogP contribution in [0, 0.1) is 0 Å². The van der Waals surface area contributed by atoms with Crippen molar-refractivity contribution in [3.63, 3.8) is 0 Å². The van der Waals surface area contributed by atoms with E-state index >= 15 is 0 Å². The lowest BCUT2D eigenvalue weighted by Crippen LogP contribution is -2.14. The van der Waals surface area contributed by atoms with Gasteiger partial charge in [0.25, 0.3) is 0 Å². The number of aryl methyl sites for hydroxylation is 1. The van der Waals surface area contributed by atoms with Crippen molar-refractivity contribution in [1.82, 2.24) is 14.6 Å². The first kappa shape index (κ1) is 7.67. The van der Waals surface area contributed by atoms with E-state index in [2.05, 4.69) is 10.1 Å². The number of ketones is 1. The van der Waals surface area contributed by atoms with Gasteiger partial charge in [-0.1, -0.05) is 0 Å². The fourth-order valence-corrected chi connectivity index (χ4v) is 1.87. The Balaban J connectivity index is 2.32. The summed E-state index contributed by atoms with van der Waals surface area (Å²) >= 11 is 0. The molecule has 0 saturated heterocycles. The highest BCUT2D eigenvalue weighted by atomic mass is 16.1. The van der Waals surface area contributed by atoms with Gasteiger partial charge >= 0.3 is 0 Å². The maximum absolute atomic E-state index is 11.6. The van der Waals surface area contributed by atoms with Crippen molar-refractivity contribution in [3.8, 4) is 0 Å². The third-order valence-electron chi connectivity index (χ3n) is 2.58. The predicted molar refractivity (Wildman–Crippen MR) is 50.3 cm³/mol. The Morgan fingerprint density at radius 2 is 2.29 bits per heavy atom. The maximum Gasteiger partial charge on any atom is 0.166 e. The molecule has 0 fully saturated rings. The number of rotatable bonds is 0. The Morgan fingerprint density at radius 3 is 3.21 bits per heavy atom. The molecule has 1 aliphatic rings. The van der Waals surface area contributed by atoms with Crippen LogP contribution in [0.5, 0.6) is 0 Å². The van der Waals surface area contributed by atoms with E-state index in [1.807, 2.05) is 6.07 Å². The average Bonchev–Trinajstić information content (AvgIpc) is 2.62. The molecule has 2 aromatic rings. The molecule has 14 heavy (non-hydrogen) atoms. The first-order valence-corrected chi connectivity index (χ1v) is 4.71. The summed E-state index contributed by atoms with van der Waals surface area (Å²) in [6.45, 7) is 0. The van der Waals surface area contributed by atoms with E-state index in [-0.39, 0.29) is 5.78 Å². The second-order valence-corrected chi connectivity index (χ2v) is 3.51. The maximum atomic E-state index is 11.6. The molecule has 2 aromatic heterocycles. The topological polar surface area (TPSA) is 47.3 Å². The minimum atomic E-state index is 0.191. The smallest absolute Gasteiger partial charge is 0.166 e. The largest absolute Gasteiger partial charge is 0.294 e. The second kappa shape index (κ2) is 2.64. The van der Waals surface area contributed by atoms with Gasteiger partial charge in [0.15, 0.2) is 11.4 Å². The minimum Gasteiger partial charge on any atom is -0.294 e. The zero-order valence-corrected chi connectivity index (χ0v) is 7.60. The molecule has 1 aliphatic carbocycles. The highest BCUT2D eigenvalue weighted by molar-refractivity contribution is 5.97. The van der Waals surface area contributed by atoms with Crippen LogP contribution in [-0.2, 0) is 6.42 Å². The van der Waals surface area contributed by atoms with Crippen molar-refractivity contribution < 1.29 is 4.79 Å². The van der Waals surface area contributed by atoms with Gasteiger partial charge in [0.05, 0.1) is 17.5 Å². The SMILES string of the molecule is O=C1CCCc2nc3ccnn3cc21. The molecule has 0 radical (unpaired) electrons. The number of aromatic nitrogens is 3. The first-order valence-electron chi connectivity index (χ1n) is 4.71. The standard InChI is InChI=1S/C10H9N3O/c14-9-3-1-2-8-7(9)6-13-10(12-8)4-5-11-13/h4-6H,1-3H2. The van der Waals surface area contributed by atoms with Crippen LogP contribution in [0.4, 0.5) is 0 Å². The van der Waals surface area contributed by atoms with Crippen LogP contribution in [0.15, 0.2) is 18.5 Å². The predicted octanol–water partition coefficient (Wildman–Crippen LogP) is 1.25. The molecule has 70 valence electrons. The molecule has 3 rings (SSSR count). The van der Waals surface area contributed by atoms with Gasteiger partial charge in [-0.3, -0.25) is 4.79 Å². The zero-order valence-electron chi connectivity index (χ0n) is 7.60. The lowest BCUT2D eigenvalue weighted by molar-refractivity contribution is 0.0971. The monoisotopic (exact) mass is 187 g/mol. The van der Waals surface area contributed by atoms with Crippen molar-refractivity contribution in [2.45, 2.75) is 19.3 Å². The molecular weight excluding hydrogens is 178 g/mol. The van der Waals surface area contributed by atoms with Gasteiger partial charge in [-0.15, -0.1) is 0 Å². The van der Waals surface area contributed by atoms with Crippen LogP contribution in [0.3, 0.4) is 0 Å². The average molecular weight is 187 g/mol. The Labute approximate surface area is 80.6 Å². The number of fused-ring (bicyclic) bond motifs is 2. The molecule has 4 nitrogen and oxygen atoms in total. The van der Waals surface area contributed by atoms with E-state index < -0.39 is 0 Å². The van der Waals surface area contributed by atoms with Crippen LogP contribution in [0.1, 0.15) is 28.9 Å². The lowest BCUT2D eigenvalue weighted by atomic mass is 9.96. The molecule has 0 bridgehead atoms. The zero-order chi connectivity index (χ0) is 9.54. The van der Waals surface area contributed by atoms with Crippen LogP contribution in [0.25, 0.3) is 5.65 Å². The van der Waals surface area contributed by atoms with Gasteiger partial charge in [-0.2, -0.15) is 5.10 Å². The molecule has 0 atom stereocenters. The van der Waals surface area contributed by atoms with Crippen LogP contribution in [0.2, 0.25) is 0 Å². The number of carbonyl (C=O) groups excluding carboxylic acids is 1. The number of hydrogen-bond acceptors (Lipinski definition) is 3. The Bertz CT molecular complexity index is 515. The molecule has 0 aromatic carbocycles. The van der Waals surface area contributed by atoms with Crippen LogP contribution in [-0.4, -0.2) is 20.4 Å². The quantitative estimate of drug-likeness (QED) is 0.623. The summed E-state index contributed by atoms with van der Waals surface area (Å²) in [7, 11) is 0. The highest BCUT2D eigenvalue weighted by Crippen LogP contribution is 2.19. The number of nitrogens with zero attached hydrogens (tertiary/aromatic N) is 3. The van der Waals surface area contributed by atoms with E-state index in [1.54, 1.807) is 16.9 Å². The summed E-state index contributed by atoms with van der Waals surface area (Å²) in [5.41, 5.74) is 2.49. The van der Waals surface area contributed by atoms with Crippen LogP contribution >= 0.6 is 0 Å². The fraction of sp³-hybridized carbons (Fsp3) is 0.300. The molecule has 4 heteroatoms. The summed E-state index contributed by atoms with van der Waals surface area (Å²) < 4.78 is 1.65. The van der Waals surface area contributed by atoms with E-state index in [1.165, 1.54) is 0 Å². The molecule has 0 saturated carbocycles. The molecular formula is C10H9N3O. The molecule has 0 spiro atoms. The summed E-state index contributed by atoms with van der Waals surface area (Å²) in [6, 6.07) is 1.85. The minimum absolute atomic E-state index is 0.191. The molecule has 2 heterocycles. The van der Waals surface area contributed by atoms with Crippen molar-refractivity contribution in [2.24, 2.45) is 0 Å². The third-order valence-corrected chi connectivity index (χ3v) is 2.58. The molecule has 0 N–H and O–H groups in total. The third kappa shape index (κ3) is 0.968. The van der Waals surface area contributed by atoms with Gasteiger partial charge in [-0.25, -0.2) is 9.50 Å². The Hall–Kier alpha value is -1.71. The molecule has 0 unspecified atom stereocenters. The summed E-state index contributed by atoms with van der Waals surface area (Å²) in [4.78, 5) is 16.0. The summed E-state index contributed by atoms with van der Waals surface area (Å²) in [5.74, 6) is 0.191. The Kier molecular flexibility index (Phi) is 1.45. The first-order chi connectivity index (χ1) is 6.84. The summed E-state index contributed by atoms with van der Waals surface area (Å²) in [6.07, 6.45) is 5.95. The van der Waals surface area contributed by atoms with Gasteiger partial charge in [0, 0.05) is 18.7 Å². The molecule has 0 aliphatic heterocycles. The van der Waals surface area contributed by atoms with E-state index in [9.17, 15) is 4.79 Å².